The van der Waals surface area contributed by atoms with Crippen molar-refractivity contribution in [1.82, 2.24) is 20.3 Å². The van der Waals surface area contributed by atoms with Gasteiger partial charge in [0.1, 0.15) is 12.1 Å². The van der Waals surface area contributed by atoms with Crippen molar-refractivity contribution < 1.29 is 9.59 Å². The van der Waals surface area contributed by atoms with Crippen LogP contribution in [-0.2, 0) is 9.59 Å². The van der Waals surface area contributed by atoms with E-state index >= 15 is 0 Å². The summed E-state index contributed by atoms with van der Waals surface area (Å²) in [5.74, 6) is -0.172. The maximum absolute atomic E-state index is 11.9. The molecular formula is C9H19BN4O2. The zero-order chi connectivity index (χ0) is 12.5. The summed E-state index contributed by atoms with van der Waals surface area (Å²) < 4.78 is 0. The van der Waals surface area contributed by atoms with Crippen molar-refractivity contribution in [3.05, 3.63) is 0 Å². The molecule has 2 unspecified atom stereocenters. The molecule has 0 radical (unpaired) electrons. The fourth-order valence-corrected chi connectivity index (χ4v) is 1.76. The van der Waals surface area contributed by atoms with E-state index in [-0.39, 0.29) is 18.8 Å². The molecule has 1 saturated heterocycles. The van der Waals surface area contributed by atoms with Gasteiger partial charge in [-0.3, -0.25) is 9.59 Å². The predicted molar refractivity (Wildman–Crippen MR) is 62.9 cm³/mol. The second-order valence-corrected chi connectivity index (χ2v) is 4.48. The van der Waals surface area contributed by atoms with Gasteiger partial charge in [0.2, 0.25) is 11.8 Å². The van der Waals surface area contributed by atoms with Crippen LogP contribution >= 0.6 is 0 Å². The van der Waals surface area contributed by atoms with Crippen LogP contribution in [0.5, 0.6) is 0 Å². The first-order valence-electron chi connectivity index (χ1n) is 5.29. The monoisotopic (exact) mass is 226 g/mol. The predicted octanol–water partition coefficient (Wildman–Crippen LogP) is -1.79. The van der Waals surface area contributed by atoms with Crippen LogP contribution in [0.15, 0.2) is 0 Å². The summed E-state index contributed by atoms with van der Waals surface area (Å²) in [6.07, 6.45) is 0. The van der Waals surface area contributed by atoms with Crippen LogP contribution in [0, 0.1) is 0 Å². The summed E-state index contributed by atoms with van der Waals surface area (Å²) in [4.78, 5) is 26.7. The van der Waals surface area contributed by atoms with E-state index in [1.807, 2.05) is 6.82 Å². The number of carbonyl (C=O) groups excluding carboxylic acids is 2. The first-order chi connectivity index (χ1) is 7.34. The van der Waals surface area contributed by atoms with E-state index in [0.717, 1.165) is 0 Å². The Morgan fingerprint density at radius 1 is 0.938 bits per heavy atom. The highest BCUT2D eigenvalue weighted by Gasteiger charge is 2.42. The number of hydrogen-bond donors (Lipinski definition) is 2. The fourth-order valence-electron chi connectivity index (χ4n) is 1.76. The smallest absolute Gasteiger partial charge is 0.303 e. The van der Waals surface area contributed by atoms with E-state index in [4.69, 9.17) is 0 Å². The van der Waals surface area contributed by atoms with Crippen LogP contribution in [0.3, 0.4) is 0 Å². The van der Waals surface area contributed by atoms with Crippen molar-refractivity contribution in [2.75, 3.05) is 28.2 Å². The quantitative estimate of drug-likeness (QED) is 0.546. The standard InChI is InChI=1S/C9H19BN4O2/c1-10-11-6(8(15)13(2)3)7(12-10)9(16)14(4)5/h6-7,11-12H,1-5H3. The molecule has 1 heterocycles. The Hall–Kier alpha value is -1.08. The molecule has 16 heavy (non-hydrogen) atoms. The molecule has 1 rings (SSSR count). The molecular weight excluding hydrogens is 207 g/mol. The molecule has 90 valence electrons. The zero-order valence-corrected chi connectivity index (χ0v) is 10.4. The van der Waals surface area contributed by atoms with Crippen molar-refractivity contribution >= 4 is 18.8 Å². The first-order valence-corrected chi connectivity index (χ1v) is 5.29. The average Bonchev–Trinajstić information content (AvgIpc) is 2.57. The minimum absolute atomic E-state index is 0.0391. The van der Waals surface area contributed by atoms with Crippen LogP contribution in [-0.4, -0.2) is 68.9 Å². The Bertz CT molecular complexity index is 267. The van der Waals surface area contributed by atoms with Gasteiger partial charge in [0, 0.05) is 28.2 Å². The number of rotatable bonds is 2. The number of carbonyl (C=O) groups is 2. The van der Waals surface area contributed by atoms with Gasteiger partial charge in [0.15, 0.2) is 0 Å². The molecule has 1 fully saturated rings. The Morgan fingerprint density at radius 2 is 1.25 bits per heavy atom. The van der Waals surface area contributed by atoms with Gasteiger partial charge in [-0.1, -0.05) is 6.82 Å². The summed E-state index contributed by atoms with van der Waals surface area (Å²) in [5, 5.41) is 6.14. The second-order valence-electron chi connectivity index (χ2n) is 4.48. The molecule has 7 heteroatoms. The molecule has 2 amide bonds. The third-order valence-corrected chi connectivity index (χ3v) is 2.61. The highest BCUT2D eigenvalue weighted by atomic mass is 16.2. The topological polar surface area (TPSA) is 64.7 Å². The van der Waals surface area contributed by atoms with Gasteiger partial charge >= 0.3 is 6.98 Å². The van der Waals surface area contributed by atoms with Gasteiger partial charge in [0.05, 0.1) is 0 Å². The van der Waals surface area contributed by atoms with E-state index in [2.05, 4.69) is 10.5 Å². The second kappa shape index (κ2) is 4.84. The van der Waals surface area contributed by atoms with Gasteiger partial charge in [-0.15, -0.1) is 0 Å². The van der Waals surface area contributed by atoms with Gasteiger partial charge in [-0.05, 0) is 0 Å². The number of nitrogens with one attached hydrogen (secondary N) is 2. The van der Waals surface area contributed by atoms with E-state index in [9.17, 15) is 9.59 Å². The number of nitrogens with zero attached hydrogens (tertiary/aromatic N) is 2. The minimum Gasteiger partial charge on any atom is -0.347 e. The summed E-state index contributed by atoms with van der Waals surface area (Å²) in [5.41, 5.74) is 0. The van der Waals surface area contributed by atoms with Crippen LogP contribution in [0.25, 0.3) is 0 Å². The van der Waals surface area contributed by atoms with Gasteiger partial charge in [-0.2, -0.15) is 0 Å². The Morgan fingerprint density at radius 3 is 1.50 bits per heavy atom. The van der Waals surface area contributed by atoms with E-state index < -0.39 is 12.1 Å². The van der Waals surface area contributed by atoms with E-state index in [1.54, 1.807) is 28.2 Å². The lowest BCUT2D eigenvalue weighted by molar-refractivity contribution is -0.137. The Balaban J connectivity index is 2.82. The lowest BCUT2D eigenvalue weighted by Crippen LogP contribution is -2.53. The maximum Gasteiger partial charge on any atom is 0.303 e. The van der Waals surface area contributed by atoms with Crippen molar-refractivity contribution in [3.63, 3.8) is 0 Å². The Labute approximate surface area is 96.5 Å². The normalized spacial score (nSPS) is 24.4. The molecule has 0 saturated carbocycles. The Kier molecular flexibility index (Phi) is 3.93. The number of hydrogen-bond acceptors (Lipinski definition) is 4. The zero-order valence-electron chi connectivity index (χ0n) is 10.4. The molecule has 0 spiro atoms. The molecule has 2 N–H and O–H groups in total. The van der Waals surface area contributed by atoms with Crippen LogP contribution in [0.2, 0.25) is 6.82 Å². The first kappa shape index (κ1) is 13.0. The SMILES string of the molecule is CB1NC(C(=O)N(C)C)C(C(=O)N(C)C)N1. The molecule has 0 aromatic heterocycles. The molecule has 1 aliphatic heterocycles. The number of likely N-dealkylation sites (N-methyl/N-ethyl adjacent to an activating group) is 2. The summed E-state index contributed by atoms with van der Waals surface area (Å²) in [6, 6.07) is -0.972. The lowest BCUT2D eigenvalue weighted by Gasteiger charge is -2.24. The molecule has 6 nitrogen and oxygen atoms in total. The van der Waals surface area contributed by atoms with Crippen molar-refractivity contribution in [2.45, 2.75) is 18.9 Å². The molecule has 1 aliphatic rings. The molecule has 0 aliphatic carbocycles. The lowest BCUT2D eigenvalue weighted by atomic mass is 9.83. The van der Waals surface area contributed by atoms with Crippen molar-refractivity contribution in [1.29, 1.82) is 0 Å². The van der Waals surface area contributed by atoms with Crippen molar-refractivity contribution in [2.24, 2.45) is 0 Å². The van der Waals surface area contributed by atoms with Gasteiger partial charge in [-0.25, -0.2) is 0 Å². The van der Waals surface area contributed by atoms with Gasteiger partial charge in [0.25, 0.3) is 0 Å². The third kappa shape index (κ3) is 2.54. The summed E-state index contributed by atoms with van der Waals surface area (Å²) in [7, 11) is 6.74. The van der Waals surface area contributed by atoms with Crippen LogP contribution in [0.1, 0.15) is 0 Å². The molecule has 2 atom stereocenters. The van der Waals surface area contributed by atoms with E-state index in [1.165, 1.54) is 9.80 Å². The minimum atomic E-state index is -0.486. The largest absolute Gasteiger partial charge is 0.347 e. The average molecular weight is 226 g/mol. The van der Waals surface area contributed by atoms with Crippen molar-refractivity contribution in [3.8, 4) is 0 Å². The van der Waals surface area contributed by atoms with Crippen LogP contribution in [0.4, 0.5) is 0 Å². The van der Waals surface area contributed by atoms with Gasteiger partial charge < -0.3 is 20.3 Å². The summed E-state index contributed by atoms with van der Waals surface area (Å²) >= 11 is 0. The molecule has 0 bridgehead atoms. The molecule has 0 aromatic rings. The third-order valence-electron chi connectivity index (χ3n) is 2.61. The highest BCUT2D eigenvalue weighted by Crippen LogP contribution is 2.07. The maximum atomic E-state index is 11.9. The molecule has 0 aromatic carbocycles. The number of amides is 2. The fraction of sp³-hybridized carbons (Fsp3) is 0.778. The van der Waals surface area contributed by atoms with E-state index in [0.29, 0.717) is 0 Å². The highest BCUT2D eigenvalue weighted by molar-refractivity contribution is 6.54. The summed E-state index contributed by atoms with van der Waals surface area (Å²) in [6.45, 7) is 1.85. The van der Waals surface area contributed by atoms with Crippen LogP contribution < -0.4 is 10.5 Å².